The molecule has 66 valence electrons. The molecule has 0 fully saturated rings. The van der Waals surface area contributed by atoms with Gasteiger partial charge in [0.1, 0.15) is 0 Å². The van der Waals surface area contributed by atoms with Crippen LogP contribution in [0.4, 0.5) is 0 Å². The largest absolute Gasteiger partial charge is 0.361 e. The van der Waals surface area contributed by atoms with E-state index in [1.807, 2.05) is 6.92 Å². The molecule has 1 aromatic carbocycles. The molecule has 0 unspecified atom stereocenters. The predicted octanol–water partition coefficient (Wildman–Crippen LogP) is 2.13. The summed E-state index contributed by atoms with van der Waals surface area (Å²) in [5, 5.41) is 0.366. The van der Waals surface area contributed by atoms with Crippen molar-refractivity contribution in [2.75, 3.05) is 0 Å². The van der Waals surface area contributed by atoms with Gasteiger partial charge in [0.2, 0.25) is 0 Å². The summed E-state index contributed by atoms with van der Waals surface area (Å²) in [6.45, 7) is 1.88. The van der Waals surface area contributed by atoms with Crippen LogP contribution in [0.1, 0.15) is 15.9 Å². The van der Waals surface area contributed by atoms with Crippen molar-refractivity contribution in [3.63, 3.8) is 0 Å². The van der Waals surface area contributed by atoms with Gasteiger partial charge < -0.3 is 5.53 Å². The first kappa shape index (κ1) is 9.65. The third kappa shape index (κ3) is 2.25. The molecule has 0 bridgehead atoms. The fourth-order valence-corrected chi connectivity index (χ4v) is 1.27. The lowest BCUT2D eigenvalue weighted by molar-refractivity contribution is 0.00235. The Kier molecular flexibility index (Phi) is 2.96. The molecule has 1 rings (SSSR count). The first-order valence-electron chi connectivity index (χ1n) is 3.63. The second-order valence-corrected chi connectivity index (χ2v) is 3.00. The molecule has 3 nitrogen and oxygen atoms in total. The zero-order valence-corrected chi connectivity index (χ0v) is 7.75. The van der Waals surface area contributed by atoms with Gasteiger partial charge in [-0.25, -0.2) is 0 Å². The lowest BCUT2D eigenvalue weighted by Crippen LogP contribution is -2.01. The molecule has 0 radical (unpaired) electrons. The highest BCUT2D eigenvalue weighted by atomic mass is 35.5. The Morgan fingerprint density at radius 3 is 2.85 bits per heavy atom. The van der Waals surface area contributed by atoms with Crippen LogP contribution in [-0.2, 0) is 0 Å². The van der Waals surface area contributed by atoms with Crippen molar-refractivity contribution in [2.24, 2.45) is 0 Å². The van der Waals surface area contributed by atoms with E-state index in [-0.39, 0.29) is 0 Å². The standard InChI is InChI=1S/C9H7ClN2O/c1-6-2-3-7(8(10)4-6)9(13)5-12-11/h2-5H,1H3. The van der Waals surface area contributed by atoms with Gasteiger partial charge in [0.15, 0.2) is 0 Å². The summed E-state index contributed by atoms with van der Waals surface area (Å²) in [4.78, 5) is 13.8. The highest BCUT2D eigenvalue weighted by Crippen LogP contribution is 2.17. The number of halogens is 1. The summed E-state index contributed by atoms with van der Waals surface area (Å²) in [5.41, 5.74) is 9.46. The average Bonchev–Trinajstić information content (AvgIpc) is 2.04. The zero-order chi connectivity index (χ0) is 9.84. The fourth-order valence-electron chi connectivity index (χ4n) is 0.942. The number of hydrogen-bond donors (Lipinski definition) is 0. The summed E-state index contributed by atoms with van der Waals surface area (Å²) in [5.74, 6) is -0.410. The normalized spacial score (nSPS) is 9.08. The van der Waals surface area contributed by atoms with Crippen LogP contribution in [0, 0.1) is 6.92 Å². The molecule has 0 aromatic heterocycles. The second-order valence-electron chi connectivity index (χ2n) is 2.59. The highest BCUT2D eigenvalue weighted by molar-refractivity contribution is 6.41. The Balaban J connectivity index is 3.16. The molecule has 1 aromatic rings. The molecule has 0 aliphatic rings. The van der Waals surface area contributed by atoms with Crippen molar-refractivity contribution in [1.82, 2.24) is 0 Å². The van der Waals surface area contributed by atoms with Gasteiger partial charge in [-0.3, -0.25) is 4.79 Å². The maximum absolute atomic E-state index is 11.2. The number of aryl methyl sites for hydroxylation is 1. The molecule has 0 amide bonds. The zero-order valence-electron chi connectivity index (χ0n) is 6.99. The van der Waals surface area contributed by atoms with Crippen molar-refractivity contribution >= 4 is 23.6 Å². The van der Waals surface area contributed by atoms with Crippen LogP contribution >= 0.6 is 11.6 Å². The molecule has 0 atom stereocenters. The van der Waals surface area contributed by atoms with E-state index >= 15 is 0 Å². The van der Waals surface area contributed by atoms with E-state index in [2.05, 4.69) is 4.79 Å². The summed E-state index contributed by atoms with van der Waals surface area (Å²) >= 11 is 5.80. The number of nitrogens with zero attached hydrogens (tertiary/aromatic N) is 2. The average molecular weight is 195 g/mol. The molecule has 0 N–H and O–H groups in total. The van der Waals surface area contributed by atoms with Gasteiger partial charge in [-0.1, -0.05) is 17.7 Å². The SMILES string of the molecule is Cc1ccc(C(=O)C=[N+]=[N-])c(Cl)c1. The maximum atomic E-state index is 11.2. The Hall–Kier alpha value is -1.44. The van der Waals surface area contributed by atoms with Gasteiger partial charge in [0, 0.05) is 5.56 Å². The minimum Gasteiger partial charge on any atom is -0.361 e. The molecule has 4 heteroatoms. The summed E-state index contributed by atoms with van der Waals surface area (Å²) < 4.78 is 0. The van der Waals surface area contributed by atoms with Gasteiger partial charge in [-0.2, -0.15) is 4.79 Å². The van der Waals surface area contributed by atoms with Gasteiger partial charge in [-0.15, -0.1) is 0 Å². The topological polar surface area (TPSA) is 53.5 Å². The molecular formula is C9H7ClN2O. The molecule has 0 saturated heterocycles. The third-order valence-corrected chi connectivity index (χ3v) is 1.88. The smallest absolute Gasteiger partial charge is 0.328 e. The highest BCUT2D eigenvalue weighted by Gasteiger charge is 2.10. The first-order valence-corrected chi connectivity index (χ1v) is 4.01. The molecule has 0 aliphatic carbocycles. The molecule has 0 heterocycles. The van der Waals surface area contributed by atoms with E-state index < -0.39 is 5.78 Å². The lowest BCUT2D eigenvalue weighted by atomic mass is 10.1. The van der Waals surface area contributed by atoms with Gasteiger partial charge >= 0.3 is 6.21 Å². The van der Waals surface area contributed by atoms with E-state index in [0.29, 0.717) is 10.6 Å². The van der Waals surface area contributed by atoms with E-state index in [0.717, 1.165) is 11.8 Å². The summed E-state index contributed by atoms with van der Waals surface area (Å²) in [6.07, 6.45) is 0.816. The molecule has 0 saturated carbocycles. The number of Topliss-reactive ketones (excluding diaryl/α,β-unsaturated/α-hetero) is 1. The van der Waals surface area contributed by atoms with Crippen LogP contribution in [0.2, 0.25) is 5.02 Å². The number of ketones is 1. The van der Waals surface area contributed by atoms with Crippen LogP contribution < -0.4 is 0 Å². The van der Waals surface area contributed by atoms with Gasteiger partial charge in [-0.05, 0) is 24.6 Å². The number of carbonyl (C=O) groups excluding carboxylic acids is 1. The van der Waals surface area contributed by atoms with Crippen molar-refractivity contribution < 1.29 is 9.58 Å². The van der Waals surface area contributed by atoms with Crippen LogP contribution in [0.3, 0.4) is 0 Å². The monoisotopic (exact) mass is 194 g/mol. The first-order chi connectivity index (χ1) is 6.15. The van der Waals surface area contributed by atoms with E-state index in [4.69, 9.17) is 17.1 Å². The minimum atomic E-state index is -0.410. The second kappa shape index (κ2) is 3.99. The van der Waals surface area contributed by atoms with Crippen molar-refractivity contribution in [1.29, 1.82) is 0 Å². The van der Waals surface area contributed by atoms with Crippen molar-refractivity contribution in [2.45, 2.75) is 6.92 Å². The van der Waals surface area contributed by atoms with Crippen LogP contribution in [0.15, 0.2) is 18.2 Å². The third-order valence-electron chi connectivity index (χ3n) is 1.57. The van der Waals surface area contributed by atoms with Crippen LogP contribution in [-0.4, -0.2) is 16.8 Å². The maximum Gasteiger partial charge on any atom is 0.328 e. The van der Waals surface area contributed by atoms with Gasteiger partial charge in [0.25, 0.3) is 5.78 Å². The van der Waals surface area contributed by atoms with E-state index in [1.54, 1.807) is 18.2 Å². The Morgan fingerprint density at radius 2 is 2.31 bits per heavy atom. The fraction of sp³-hybridized carbons (Fsp3) is 0.111. The number of carbonyl (C=O) groups is 1. The predicted molar refractivity (Wildman–Crippen MR) is 50.2 cm³/mol. The number of benzene rings is 1. The molecular weight excluding hydrogens is 188 g/mol. The van der Waals surface area contributed by atoms with Crippen molar-refractivity contribution in [3.8, 4) is 0 Å². The van der Waals surface area contributed by atoms with Crippen molar-refractivity contribution in [3.05, 3.63) is 39.9 Å². The Bertz CT molecular complexity index is 395. The quantitative estimate of drug-likeness (QED) is 0.308. The summed E-state index contributed by atoms with van der Waals surface area (Å²) in [7, 11) is 0. The Morgan fingerprint density at radius 1 is 1.62 bits per heavy atom. The minimum absolute atomic E-state index is 0.338. The molecule has 0 aliphatic heterocycles. The molecule has 0 spiro atoms. The lowest BCUT2D eigenvalue weighted by Gasteiger charge is -1.97. The van der Waals surface area contributed by atoms with Gasteiger partial charge in [0.05, 0.1) is 5.02 Å². The Labute approximate surface area is 80.6 Å². The number of hydrogen-bond acceptors (Lipinski definition) is 1. The summed E-state index contributed by atoms with van der Waals surface area (Å²) in [6, 6.07) is 5.05. The molecule has 13 heavy (non-hydrogen) atoms. The van der Waals surface area contributed by atoms with E-state index in [9.17, 15) is 4.79 Å². The van der Waals surface area contributed by atoms with Crippen LogP contribution in [0.5, 0.6) is 0 Å². The van der Waals surface area contributed by atoms with Crippen LogP contribution in [0.25, 0.3) is 5.53 Å². The number of rotatable bonds is 2. The van der Waals surface area contributed by atoms with E-state index in [1.165, 1.54) is 0 Å².